The van der Waals surface area contributed by atoms with Crippen molar-refractivity contribution in [1.29, 1.82) is 5.26 Å². The summed E-state index contributed by atoms with van der Waals surface area (Å²) in [6, 6.07) is 9.68. The van der Waals surface area contributed by atoms with Gasteiger partial charge >= 0.3 is 0 Å². The molecule has 4 nitrogen and oxygen atoms in total. The first-order valence-electron chi connectivity index (χ1n) is 6.87. The van der Waals surface area contributed by atoms with Crippen LogP contribution in [0.25, 0.3) is 5.69 Å². The zero-order valence-corrected chi connectivity index (χ0v) is 12.1. The zero-order chi connectivity index (χ0) is 14.3. The van der Waals surface area contributed by atoms with Crippen LogP contribution >= 0.6 is 0 Å². The molecule has 1 aliphatic rings. The topological polar surface area (TPSA) is 53.6 Å². The summed E-state index contributed by atoms with van der Waals surface area (Å²) in [6.07, 6.45) is 1.03. The van der Waals surface area contributed by atoms with Crippen LogP contribution in [0.2, 0.25) is 0 Å². The van der Waals surface area contributed by atoms with Crippen molar-refractivity contribution in [2.45, 2.75) is 32.6 Å². The molecule has 0 amide bonds. The van der Waals surface area contributed by atoms with Crippen LogP contribution in [0.3, 0.4) is 0 Å². The summed E-state index contributed by atoms with van der Waals surface area (Å²) in [5.41, 5.74) is 4.17. The molecule has 2 aromatic rings. The Balaban J connectivity index is 2.13. The average molecular weight is 266 g/mol. The Hall–Kier alpha value is -2.28. The maximum atomic E-state index is 8.88. The average Bonchev–Trinajstić information content (AvgIpc) is 2.99. The van der Waals surface area contributed by atoms with Gasteiger partial charge in [-0.3, -0.25) is 0 Å². The first kappa shape index (κ1) is 12.7. The quantitative estimate of drug-likeness (QED) is 0.863. The van der Waals surface area contributed by atoms with E-state index in [2.05, 4.69) is 32.2 Å². The Kier molecular flexibility index (Phi) is 2.79. The molecule has 0 bridgehead atoms. The van der Waals surface area contributed by atoms with Gasteiger partial charge in [0.1, 0.15) is 5.82 Å². The van der Waals surface area contributed by atoms with Gasteiger partial charge in [0.2, 0.25) is 0 Å². The van der Waals surface area contributed by atoms with Gasteiger partial charge in [0.25, 0.3) is 0 Å². The molecule has 0 spiro atoms. The monoisotopic (exact) mass is 266 g/mol. The molecule has 1 aliphatic heterocycles. The third kappa shape index (κ3) is 1.96. The predicted molar refractivity (Wildman–Crippen MR) is 79.2 cm³/mol. The number of nitrogens with zero attached hydrogens (tertiary/aromatic N) is 3. The fraction of sp³-hybridized carbons (Fsp3) is 0.375. The third-order valence-corrected chi connectivity index (χ3v) is 3.60. The minimum absolute atomic E-state index is 0.0357. The highest BCUT2D eigenvalue weighted by atomic mass is 15.3. The van der Waals surface area contributed by atoms with Gasteiger partial charge in [-0.2, -0.15) is 10.4 Å². The van der Waals surface area contributed by atoms with Gasteiger partial charge in [0, 0.05) is 17.5 Å². The largest absolute Gasteiger partial charge is 0.369 e. The first-order chi connectivity index (χ1) is 9.50. The van der Waals surface area contributed by atoms with E-state index in [9.17, 15) is 0 Å². The molecule has 4 heteroatoms. The summed E-state index contributed by atoms with van der Waals surface area (Å²) in [6.45, 7) is 7.54. The Bertz CT molecular complexity index is 681. The number of hydrogen-bond donors (Lipinski definition) is 1. The second-order valence-electron chi connectivity index (χ2n) is 6.17. The molecule has 0 atom stereocenters. The predicted octanol–water partition coefficient (Wildman–Crippen LogP) is 3.01. The number of anilines is 1. The summed E-state index contributed by atoms with van der Waals surface area (Å²) < 4.78 is 1.96. The maximum absolute atomic E-state index is 8.88. The van der Waals surface area contributed by atoms with E-state index in [0.717, 1.165) is 30.2 Å². The fourth-order valence-corrected chi connectivity index (χ4v) is 2.64. The van der Waals surface area contributed by atoms with Crippen LogP contribution in [-0.2, 0) is 11.8 Å². The third-order valence-electron chi connectivity index (χ3n) is 3.60. The molecule has 0 aliphatic carbocycles. The van der Waals surface area contributed by atoms with Crippen LogP contribution in [0.5, 0.6) is 0 Å². The van der Waals surface area contributed by atoms with Crippen molar-refractivity contribution in [3.05, 3.63) is 41.1 Å². The first-order valence-corrected chi connectivity index (χ1v) is 6.87. The molecule has 3 rings (SSSR count). The highest BCUT2D eigenvalue weighted by molar-refractivity contribution is 5.58. The van der Waals surface area contributed by atoms with Crippen molar-refractivity contribution in [2.24, 2.45) is 0 Å². The zero-order valence-electron chi connectivity index (χ0n) is 12.1. The van der Waals surface area contributed by atoms with E-state index in [-0.39, 0.29) is 5.41 Å². The van der Waals surface area contributed by atoms with E-state index in [1.54, 1.807) is 0 Å². The normalized spacial score (nSPS) is 13.7. The minimum Gasteiger partial charge on any atom is -0.369 e. The smallest absolute Gasteiger partial charge is 0.133 e. The molecule has 0 saturated carbocycles. The van der Waals surface area contributed by atoms with Gasteiger partial charge in [0.05, 0.1) is 23.0 Å². The van der Waals surface area contributed by atoms with E-state index in [0.29, 0.717) is 5.56 Å². The second kappa shape index (κ2) is 4.38. The summed E-state index contributed by atoms with van der Waals surface area (Å²) in [4.78, 5) is 0. The molecule has 0 fully saturated rings. The summed E-state index contributed by atoms with van der Waals surface area (Å²) in [5, 5.41) is 17.1. The van der Waals surface area contributed by atoms with E-state index in [1.807, 2.05) is 28.9 Å². The molecular formula is C16H18N4. The van der Waals surface area contributed by atoms with Crippen LogP contribution in [-0.4, -0.2) is 16.3 Å². The van der Waals surface area contributed by atoms with Crippen LogP contribution < -0.4 is 5.32 Å². The maximum Gasteiger partial charge on any atom is 0.133 e. The molecule has 0 radical (unpaired) electrons. The number of nitrogens with one attached hydrogen (secondary N) is 1. The van der Waals surface area contributed by atoms with Crippen LogP contribution in [0.15, 0.2) is 24.3 Å². The highest BCUT2D eigenvalue weighted by Gasteiger charge is 2.29. The van der Waals surface area contributed by atoms with Crippen LogP contribution in [0.4, 0.5) is 5.82 Å². The lowest BCUT2D eigenvalue weighted by Gasteiger charge is -2.16. The fourth-order valence-electron chi connectivity index (χ4n) is 2.64. The summed E-state index contributed by atoms with van der Waals surface area (Å²) >= 11 is 0. The lowest BCUT2D eigenvalue weighted by Crippen LogP contribution is -2.15. The molecule has 0 unspecified atom stereocenters. The Morgan fingerprint density at radius 3 is 2.55 bits per heavy atom. The Labute approximate surface area is 119 Å². The van der Waals surface area contributed by atoms with Gasteiger partial charge in [-0.1, -0.05) is 20.8 Å². The van der Waals surface area contributed by atoms with Crippen molar-refractivity contribution >= 4 is 5.82 Å². The molecule has 1 aromatic heterocycles. The van der Waals surface area contributed by atoms with E-state index >= 15 is 0 Å². The molecular weight excluding hydrogens is 248 g/mol. The minimum atomic E-state index is 0.0357. The standard InChI is InChI=1S/C16H18N4/c1-16(2,3)14-13-8-9-18-15(13)20(19-14)12-6-4-11(10-17)5-7-12/h4-7,18H,8-9H2,1-3H3. The lowest BCUT2D eigenvalue weighted by atomic mass is 9.89. The SMILES string of the molecule is CC(C)(C)c1nn(-c2ccc(C#N)cc2)c2c1CCN2. The van der Waals surface area contributed by atoms with Gasteiger partial charge in [0.15, 0.2) is 0 Å². The second-order valence-corrected chi connectivity index (χ2v) is 6.17. The highest BCUT2D eigenvalue weighted by Crippen LogP contribution is 2.34. The van der Waals surface area contributed by atoms with Crippen molar-refractivity contribution in [2.75, 3.05) is 11.9 Å². The molecule has 102 valence electrons. The van der Waals surface area contributed by atoms with Crippen LogP contribution in [0, 0.1) is 11.3 Å². The van der Waals surface area contributed by atoms with Crippen molar-refractivity contribution in [3.63, 3.8) is 0 Å². The summed E-state index contributed by atoms with van der Waals surface area (Å²) in [7, 11) is 0. The number of aromatic nitrogens is 2. The number of fused-ring (bicyclic) bond motifs is 1. The number of nitriles is 1. The van der Waals surface area contributed by atoms with Crippen molar-refractivity contribution in [1.82, 2.24) is 9.78 Å². The Morgan fingerprint density at radius 2 is 1.95 bits per heavy atom. The van der Waals surface area contributed by atoms with E-state index in [4.69, 9.17) is 10.4 Å². The molecule has 1 aromatic carbocycles. The molecule has 20 heavy (non-hydrogen) atoms. The lowest BCUT2D eigenvalue weighted by molar-refractivity contribution is 0.554. The van der Waals surface area contributed by atoms with Gasteiger partial charge in [-0.05, 0) is 30.7 Å². The van der Waals surface area contributed by atoms with E-state index in [1.165, 1.54) is 5.56 Å². The van der Waals surface area contributed by atoms with Gasteiger partial charge < -0.3 is 5.32 Å². The molecule has 1 N–H and O–H groups in total. The molecule has 0 saturated heterocycles. The van der Waals surface area contributed by atoms with Crippen molar-refractivity contribution < 1.29 is 0 Å². The number of benzene rings is 1. The van der Waals surface area contributed by atoms with Gasteiger partial charge in [-0.25, -0.2) is 4.68 Å². The Morgan fingerprint density at radius 1 is 1.25 bits per heavy atom. The van der Waals surface area contributed by atoms with Crippen molar-refractivity contribution in [3.8, 4) is 11.8 Å². The van der Waals surface area contributed by atoms with Crippen LogP contribution in [0.1, 0.15) is 37.6 Å². The molecule has 2 heterocycles. The summed E-state index contributed by atoms with van der Waals surface area (Å²) in [5.74, 6) is 1.10. The van der Waals surface area contributed by atoms with E-state index < -0.39 is 0 Å². The number of rotatable bonds is 1. The van der Waals surface area contributed by atoms with Gasteiger partial charge in [-0.15, -0.1) is 0 Å². The number of hydrogen-bond acceptors (Lipinski definition) is 3.